The summed E-state index contributed by atoms with van der Waals surface area (Å²) < 4.78 is 5.07. The van der Waals surface area contributed by atoms with Crippen molar-refractivity contribution < 1.29 is 9.53 Å². The third-order valence-corrected chi connectivity index (χ3v) is 5.05. The van der Waals surface area contributed by atoms with Gasteiger partial charge in [0.15, 0.2) is 0 Å². The van der Waals surface area contributed by atoms with Gasteiger partial charge in [-0.25, -0.2) is 0 Å². The Balaban J connectivity index is 2.17. The molecule has 1 unspecified atom stereocenters. The van der Waals surface area contributed by atoms with E-state index in [0.717, 1.165) is 17.7 Å². The van der Waals surface area contributed by atoms with Crippen LogP contribution in [0.1, 0.15) is 17.4 Å². The zero-order chi connectivity index (χ0) is 15.4. The molecule has 21 heavy (non-hydrogen) atoms. The predicted molar refractivity (Wildman–Crippen MR) is 89.2 cm³/mol. The Morgan fingerprint density at radius 2 is 2.24 bits per heavy atom. The second kappa shape index (κ2) is 7.38. The fraction of sp³-hybridized carbons (Fsp3) is 0.533. The number of amides is 1. The monoisotopic (exact) mass is 328 g/mol. The maximum atomic E-state index is 12.1. The first-order valence-electron chi connectivity index (χ1n) is 6.91. The number of ether oxygens (including phenoxy) is 1. The van der Waals surface area contributed by atoms with Crippen molar-refractivity contribution in [2.75, 3.05) is 45.0 Å². The average molecular weight is 329 g/mol. The molecule has 0 saturated carbocycles. The normalized spacial score (nSPS) is 18.4. The summed E-state index contributed by atoms with van der Waals surface area (Å²) in [6, 6.07) is 6.02. The van der Waals surface area contributed by atoms with Crippen molar-refractivity contribution in [1.29, 1.82) is 0 Å². The molecule has 4 nitrogen and oxygen atoms in total. The smallest absolute Gasteiger partial charge is 0.233 e. The van der Waals surface area contributed by atoms with E-state index in [0.29, 0.717) is 23.9 Å². The van der Waals surface area contributed by atoms with E-state index in [-0.39, 0.29) is 11.3 Å². The Bertz CT molecular complexity index is 510. The molecule has 1 atom stereocenters. The first-order chi connectivity index (χ1) is 10.0. The number of anilines is 1. The molecule has 0 aromatic heterocycles. The van der Waals surface area contributed by atoms with Gasteiger partial charge >= 0.3 is 0 Å². The van der Waals surface area contributed by atoms with Gasteiger partial charge in [0.2, 0.25) is 5.91 Å². The lowest BCUT2D eigenvalue weighted by Gasteiger charge is -2.25. The highest BCUT2D eigenvalue weighted by atomic mass is 35.5. The van der Waals surface area contributed by atoms with Crippen LogP contribution in [-0.2, 0) is 9.53 Å². The number of benzene rings is 1. The Morgan fingerprint density at radius 1 is 1.48 bits per heavy atom. The van der Waals surface area contributed by atoms with Crippen molar-refractivity contribution in [3.05, 3.63) is 28.8 Å². The summed E-state index contributed by atoms with van der Waals surface area (Å²) in [7, 11) is 5.64. The van der Waals surface area contributed by atoms with E-state index in [4.69, 9.17) is 16.3 Å². The van der Waals surface area contributed by atoms with Crippen LogP contribution in [0.3, 0.4) is 0 Å². The summed E-state index contributed by atoms with van der Waals surface area (Å²) in [4.78, 5) is 16.0. The molecule has 1 aliphatic rings. The number of hydrogen-bond acceptors (Lipinski definition) is 4. The van der Waals surface area contributed by atoms with Crippen LogP contribution < -0.4 is 4.90 Å². The fourth-order valence-electron chi connectivity index (χ4n) is 2.33. The minimum Gasteiger partial charge on any atom is -0.385 e. The summed E-state index contributed by atoms with van der Waals surface area (Å²) in [5, 5.41) is 0.725. The van der Waals surface area contributed by atoms with Gasteiger partial charge in [0, 0.05) is 50.6 Å². The van der Waals surface area contributed by atoms with Crippen LogP contribution in [0.2, 0.25) is 5.02 Å². The van der Waals surface area contributed by atoms with Gasteiger partial charge in [-0.2, -0.15) is 0 Å². The van der Waals surface area contributed by atoms with Crippen molar-refractivity contribution in [3.63, 3.8) is 0 Å². The number of nitrogens with zero attached hydrogens (tertiary/aromatic N) is 2. The highest BCUT2D eigenvalue weighted by Gasteiger charge is 2.33. The second-order valence-corrected chi connectivity index (χ2v) is 6.67. The van der Waals surface area contributed by atoms with Crippen molar-refractivity contribution in [3.8, 4) is 0 Å². The molecular formula is C15H21ClN2O2S. The summed E-state index contributed by atoms with van der Waals surface area (Å²) in [6.07, 6.45) is 0.840. The van der Waals surface area contributed by atoms with Crippen LogP contribution >= 0.6 is 23.4 Å². The highest BCUT2D eigenvalue weighted by molar-refractivity contribution is 8.00. The number of carbonyl (C=O) groups is 1. The van der Waals surface area contributed by atoms with Gasteiger partial charge in [-0.3, -0.25) is 4.79 Å². The Labute approximate surface area is 135 Å². The largest absolute Gasteiger partial charge is 0.385 e. The maximum absolute atomic E-state index is 12.1. The molecule has 2 rings (SSSR count). The van der Waals surface area contributed by atoms with E-state index in [1.165, 1.54) is 0 Å². The molecule has 1 aromatic carbocycles. The molecule has 116 valence electrons. The lowest BCUT2D eigenvalue weighted by atomic mass is 10.1. The molecule has 1 aliphatic heterocycles. The summed E-state index contributed by atoms with van der Waals surface area (Å²) in [6.45, 7) is 1.37. The van der Waals surface area contributed by atoms with Crippen molar-refractivity contribution >= 4 is 35.0 Å². The third kappa shape index (κ3) is 3.84. The summed E-state index contributed by atoms with van der Waals surface area (Å²) in [5.74, 6) is 0.692. The molecule has 0 aliphatic carbocycles. The minimum absolute atomic E-state index is 0.0121. The van der Waals surface area contributed by atoms with Crippen LogP contribution in [0.5, 0.6) is 0 Å². The lowest BCUT2D eigenvalue weighted by Crippen LogP contribution is -2.30. The Kier molecular flexibility index (Phi) is 5.79. The molecule has 1 heterocycles. The molecule has 1 fully saturated rings. The first kappa shape index (κ1) is 16.5. The molecule has 0 N–H and O–H groups in total. The van der Waals surface area contributed by atoms with E-state index in [9.17, 15) is 4.79 Å². The van der Waals surface area contributed by atoms with Crippen LogP contribution in [0.4, 0.5) is 5.69 Å². The average Bonchev–Trinajstić information content (AvgIpc) is 2.80. The Morgan fingerprint density at radius 3 is 2.86 bits per heavy atom. The standard InChI is InChI=1S/C15H21ClN2O2S/c1-17(2)11-5-6-12(13(16)9-11)15-18(7-4-8-20-3)14(19)10-21-15/h5-6,9,15H,4,7-8,10H2,1-3H3. The van der Waals surface area contributed by atoms with Crippen molar-refractivity contribution in [2.45, 2.75) is 11.8 Å². The fourth-order valence-corrected chi connectivity index (χ4v) is 3.92. The number of thioether (sulfide) groups is 1. The van der Waals surface area contributed by atoms with Crippen LogP contribution in [0.25, 0.3) is 0 Å². The zero-order valence-electron chi connectivity index (χ0n) is 12.6. The van der Waals surface area contributed by atoms with E-state index < -0.39 is 0 Å². The predicted octanol–water partition coefficient (Wildman–Crippen LogP) is 3.02. The highest BCUT2D eigenvalue weighted by Crippen LogP contribution is 2.42. The second-order valence-electron chi connectivity index (χ2n) is 5.20. The van der Waals surface area contributed by atoms with Crippen molar-refractivity contribution in [1.82, 2.24) is 4.90 Å². The quantitative estimate of drug-likeness (QED) is 0.751. The van der Waals surface area contributed by atoms with E-state index in [2.05, 4.69) is 0 Å². The number of carbonyl (C=O) groups excluding carboxylic acids is 1. The maximum Gasteiger partial charge on any atom is 0.233 e. The summed E-state index contributed by atoms with van der Waals surface area (Å²) in [5.41, 5.74) is 2.07. The van der Waals surface area contributed by atoms with Crippen LogP contribution in [0, 0.1) is 0 Å². The topological polar surface area (TPSA) is 32.8 Å². The molecule has 1 aromatic rings. The van der Waals surface area contributed by atoms with Crippen molar-refractivity contribution in [2.24, 2.45) is 0 Å². The van der Waals surface area contributed by atoms with Crippen LogP contribution in [-0.4, -0.2) is 50.9 Å². The van der Waals surface area contributed by atoms with Gasteiger partial charge in [0.1, 0.15) is 5.37 Å². The van der Waals surface area contributed by atoms with E-state index in [1.807, 2.05) is 42.1 Å². The lowest BCUT2D eigenvalue weighted by molar-refractivity contribution is -0.128. The Hall–Kier alpha value is -0.910. The van der Waals surface area contributed by atoms with Gasteiger partial charge in [0.05, 0.1) is 5.75 Å². The number of methoxy groups -OCH3 is 1. The van der Waals surface area contributed by atoms with Gasteiger partial charge in [-0.05, 0) is 18.6 Å². The van der Waals surface area contributed by atoms with Gasteiger partial charge in [-0.15, -0.1) is 11.8 Å². The minimum atomic E-state index is 0.0121. The van der Waals surface area contributed by atoms with Gasteiger partial charge < -0.3 is 14.5 Å². The SMILES string of the molecule is COCCCN1C(=O)CSC1c1ccc(N(C)C)cc1Cl. The number of halogens is 1. The van der Waals surface area contributed by atoms with Gasteiger partial charge in [-0.1, -0.05) is 17.7 Å². The molecule has 1 amide bonds. The molecular weight excluding hydrogens is 308 g/mol. The molecule has 0 bridgehead atoms. The number of hydrogen-bond donors (Lipinski definition) is 0. The van der Waals surface area contributed by atoms with E-state index in [1.54, 1.807) is 18.9 Å². The van der Waals surface area contributed by atoms with Gasteiger partial charge in [0.25, 0.3) is 0 Å². The van der Waals surface area contributed by atoms with Crippen LogP contribution in [0.15, 0.2) is 18.2 Å². The molecule has 0 radical (unpaired) electrons. The van der Waals surface area contributed by atoms with E-state index >= 15 is 0 Å². The number of rotatable bonds is 6. The summed E-state index contributed by atoms with van der Waals surface area (Å²) >= 11 is 8.06. The third-order valence-electron chi connectivity index (χ3n) is 3.48. The molecule has 6 heteroatoms. The zero-order valence-corrected chi connectivity index (χ0v) is 14.2. The first-order valence-corrected chi connectivity index (χ1v) is 8.34. The molecule has 0 spiro atoms. The molecule has 1 saturated heterocycles.